The first kappa shape index (κ1) is 11.5. The predicted molar refractivity (Wildman–Crippen MR) is 75.8 cm³/mol. The second kappa shape index (κ2) is 4.57. The van der Waals surface area contributed by atoms with Crippen LogP contribution in [0.1, 0.15) is 11.3 Å². The van der Waals surface area contributed by atoms with Crippen molar-refractivity contribution in [2.24, 2.45) is 0 Å². The molecule has 3 nitrogen and oxygen atoms in total. The minimum Gasteiger partial charge on any atom is -0.398 e. The molecule has 94 valence electrons. The number of nitrogen functional groups attached to an aromatic ring is 1. The Balaban J connectivity index is 2.00. The van der Waals surface area contributed by atoms with E-state index in [0.717, 1.165) is 16.6 Å². The van der Waals surface area contributed by atoms with E-state index in [0.29, 0.717) is 11.3 Å². The van der Waals surface area contributed by atoms with Gasteiger partial charge in [-0.3, -0.25) is 5.10 Å². The Hall–Kier alpha value is -2.62. The van der Waals surface area contributed by atoms with Crippen LogP contribution >= 0.6 is 0 Å². The van der Waals surface area contributed by atoms with Crippen LogP contribution in [-0.4, -0.2) is 10.2 Å². The van der Waals surface area contributed by atoms with E-state index in [1.807, 2.05) is 30.3 Å². The monoisotopic (exact) mass is 253 g/mol. The van der Waals surface area contributed by atoms with Crippen LogP contribution in [-0.2, 0) is 0 Å². The highest BCUT2D eigenvalue weighted by Gasteiger charge is 2.02. The summed E-state index contributed by atoms with van der Waals surface area (Å²) in [5.41, 5.74) is 8.75. The largest absolute Gasteiger partial charge is 0.398 e. The summed E-state index contributed by atoms with van der Waals surface area (Å²) in [6.07, 6.45) is 3.59. The maximum Gasteiger partial charge on any atom is 0.123 e. The molecule has 3 N–H and O–H groups in total. The molecule has 19 heavy (non-hydrogen) atoms. The van der Waals surface area contributed by atoms with E-state index in [2.05, 4.69) is 10.2 Å². The number of hydrogen-bond donors (Lipinski definition) is 2. The van der Waals surface area contributed by atoms with Gasteiger partial charge >= 0.3 is 0 Å². The Labute approximate surface area is 109 Å². The van der Waals surface area contributed by atoms with E-state index >= 15 is 0 Å². The molecule has 0 fully saturated rings. The molecule has 0 unspecified atom stereocenters. The van der Waals surface area contributed by atoms with Gasteiger partial charge in [-0.1, -0.05) is 24.3 Å². The zero-order chi connectivity index (χ0) is 13.2. The molecule has 0 radical (unpaired) electrons. The van der Waals surface area contributed by atoms with Gasteiger partial charge in [-0.05, 0) is 30.3 Å². The molecule has 4 heteroatoms. The Kier molecular flexibility index (Phi) is 2.76. The smallest absolute Gasteiger partial charge is 0.123 e. The molecular weight excluding hydrogens is 241 g/mol. The van der Waals surface area contributed by atoms with Gasteiger partial charge in [0.2, 0.25) is 0 Å². The fourth-order valence-corrected chi connectivity index (χ4v) is 1.97. The van der Waals surface area contributed by atoms with Gasteiger partial charge in [0, 0.05) is 16.6 Å². The average Bonchev–Trinajstić information content (AvgIpc) is 2.83. The first-order chi connectivity index (χ1) is 9.24. The summed E-state index contributed by atoms with van der Waals surface area (Å²) in [6.45, 7) is 0. The first-order valence-electron chi connectivity index (χ1n) is 5.90. The lowest BCUT2D eigenvalue weighted by atomic mass is 10.1. The van der Waals surface area contributed by atoms with Crippen LogP contribution in [0.5, 0.6) is 0 Å². The fraction of sp³-hybridized carbons (Fsp3) is 0. The van der Waals surface area contributed by atoms with Crippen molar-refractivity contribution in [2.45, 2.75) is 0 Å². The number of benzene rings is 2. The number of H-pyrrole nitrogens is 1. The van der Waals surface area contributed by atoms with Gasteiger partial charge in [0.05, 0.1) is 11.2 Å². The molecule has 3 rings (SSSR count). The Morgan fingerprint density at radius 3 is 2.84 bits per heavy atom. The molecule has 0 amide bonds. The van der Waals surface area contributed by atoms with Crippen LogP contribution in [0.3, 0.4) is 0 Å². The van der Waals surface area contributed by atoms with E-state index in [1.165, 1.54) is 12.1 Å². The Morgan fingerprint density at radius 1 is 1.11 bits per heavy atom. The van der Waals surface area contributed by atoms with Gasteiger partial charge in [0.25, 0.3) is 0 Å². The van der Waals surface area contributed by atoms with E-state index < -0.39 is 0 Å². The van der Waals surface area contributed by atoms with Crippen molar-refractivity contribution in [1.82, 2.24) is 10.2 Å². The summed E-state index contributed by atoms with van der Waals surface area (Å²) in [4.78, 5) is 0. The van der Waals surface area contributed by atoms with Crippen molar-refractivity contribution < 1.29 is 4.39 Å². The molecule has 0 saturated carbocycles. The number of rotatable bonds is 2. The summed E-state index contributed by atoms with van der Waals surface area (Å²) in [5, 5.41) is 8.18. The highest BCUT2D eigenvalue weighted by molar-refractivity contribution is 5.89. The fourth-order valence-electron chi connectivity index (χ4n) is 1.97. The quantitative estimate of drug-likeness (QED) is 0.687. The topological polar surface area (TPSA) is 54.7 Å². The molecule has 1 heterocycles. The number of aromatic nitrogens is 2. The third-order valence-corrected chi connectivity index (χ3v) is 2.97. The molecule has 0 aliphatic rings. The number of hydrogen-bond acceptors (Lipinski definition) is 2. The second-order valence-corrected chi connectivity index (χ2v) is 4.26. The average molecular weight is 253 g/mol. The van der Waals surface area contributed by atoms with Crippen LogP contribution in [0.4, 0.5) is 10.1 Å². The van der Waals surface area contributed by atoms with E-state index in [4.69, 9.17) is 5.73 Å². The van der Waals surface area contributed by atoms with Crippen molar-refractivity contribution in [3.05, 3.63) is 59.5 Å². The Morgan fingerprint density at radius 2 is 1.95 bits per heavy atom. The maximum absolute atomic E-state index is 13.2. The van der Waals surface area contributed by atoms with Crippen LogP contribution < -0.4 is 5.73 Å². The SMILES string of the molecule is Nc1ccc(F)cc1/C=C/c1n[nH]c2ccccc12. The Bertz CT molecular complexity index is 759. The van der Waals surface area contributed by atoms with Gasteiger partial charge in [0.1, 0.15) is 5.82 Å². The molecule has 0 spiro atoms. The lowest BCUT2D eigenvalue weighted by molar-refractivity contribution is 0.628. The molecular formula is C15H12FN3. The highest BCUT2D eigenvalue weighted by atomic mass is 19.1. The summed E-state index contributed by atoms with van der Waals surface area (Å²) in [7, 11) is 0. The van der Waals surface area contributed by atoms with Crippen LogP contribution in [0.2, 0.25) is 0 Å². The molecule has 0 aliphatic carbocycles. The van der Waals surface area contributed by atoms with E-state index in [9.17, 15) is 4.39 Å². The lowest BCUT2D eigenvalue weighted by Crippen LogP contribution is -1.89. The van der Waals surface area contributed by atoms with Crippen molar-refractivity contribution >= 4 is 28.7 Å². The number of nitrogens with one attached hydrogen (secondary N) is 1. The summed E-state index contributed by atoms with van der Waals surface area (Å²) >= 11 is 0. The van der Waals surface area contributed by atoms with Crippen LogP contribution in [0, 0.1) is 5.82 Å². The zero-order valence-electron chi connectivity index (χ0n) is 10.1. The van der Waals surface area contributed by atoms with Gasteiger partial charge in [-0.25, -0.2) is 4.39 Å². The van der Waals surface area contributed by atoms with Gasteiger partial charge in [-0.15, -0.1) is 0 Å². The number of fused-ring (bicyclic) bond motifs is 1. The maximum atomic E-state index is 13.2. The van der Waals surface area contributed by atoms with Crippen molar-refractivity contribution in [2.75, 3.05) is 5.73 Å². The van der Waals surface area contributed by atoms with E-state index in [-0.39, 0.29) is 5.82 Å². The molecule has 2 aromatic carbocycles. The van der Waals surface area contributed by atoms with Gasteiger partial charge < -0.3 is 5.73 Å². The number of para-hydroxylation sites is 1. The molecule has 1 aromatic heterocycles. The standard InChI is InChI=1S/C15H12FN3/c16-11-6-7-13(17)10(9-11)5-8-15-12-3-1-2-4-14(12)18-19-15/h1-9H,17H2,(H,18,19)/b8-5+. The second-order valence-electron chi connectivity index (χ2n) is 4.26. The molecule has 0 aliphatic heterocycles. The number of nitrogens with two attached hydrogens (primary N) is 1. The highest BCUT2D eigenvalue weighted by Crippen LogP contribution is 2.20. The molecule has 0 bridgehead atoms. The molecule has 0 atom stereocenters. The minimum atomic E-state index is -0.305. The van der Waals surface area contributed by atoms with Gasteiger partial charge in [0.15, 0.2) is 0 Å². The third-order valence-electron chi connectivity index (χ3n) is 2.97. The number of aromatic amines is 1. The summed E-state index contributed by atoms with van der Waals surface area (Å²) < 4.78 is 13.2. The van der Waals surface area contributed by atoms with Gasteiger partial charge in [-0.2, -0.15) is 5.10 Å². The zero-order valence-corrected chi connectivity index (χ0v) is 10.1. The van der Waals surface area contributed by atoms with Crippen molar-refractivity contribution in [1.29, 1.82) is 0 Å². The van der Waals surface area contributed by atoms with Crippen molar-refractivity contribution in [3.8, 4) is 0 Å². The van der Waals surface area contributed by atoms with Crippen LogP contribution in [0.15, 0.2) is 42.5 Å². The first-order valence-corrected chi connectivity index (χ1v) is 5.90. The van der Waals surface area contributed by atoms with Crippen LogP contribution in [0.25, 0.3) is 23.1 Å². The third kappa shape index (κ3) is 2.20. The lowest BCUT2D eigenvalue weighted by Gasteiger charge is -1.99. The molecule has 0 saturated heterocycles. The number of nitrogens with zero attached hydrogens (tertiary/aromatic N) is 1. The molecule has 3 aromatic rings. The number of halogens is 1. The van der Waals surface area contributed by atoms with E-state index in [1.54, 1.807) is 12.1 Å². The number of anilines is 1. The normalized spacial score (nSPS) is 11.4. The summed E-state index contributed by atoms with van der Waals surface area (Å²) in [5.74, 6) is -0.305. The van der Waals surface area contributed by atoms with Crippen molar-refractivity contribution in [3.63, 3.8) is 0 Å². The predicted octanol–water partition coefficient (Wildman–Crippen LogP) is 3.45. The summed E-state index contributed by atoms with van der Waals surface area (Å²) in [6, 6.07) is 12.1. The minimum absolute atomic E-state index is 0.305.